The van der Waals surface area contributed by atoms with Crippen LogP contribution in [0.3, 0.4) is 0 Å². The zero-order valence-corrected chi connectivity index (χ0v) is 10.2. The van der Waals surface area contributed by atoms with Crippen molar-refractivity contribution in [3.8, 4) is 0 Å². The molecular weight excluding hydrogens is 235 g/mol. The smallest absolute Gasteiger partial charge is 0.257 e. The van der Waals surface area contributed by atoms with E-state index in [0.717, 1.165) is 5.56 Å². The normalized spacial score (nSPS) is 16.1. The molecule has 0 aliphatic carbocycles. The molecule has 1 N–H and O–H groups in total. The van der Waals surface area contributed by atoms with Crippen molar-refractivity contribution in [1.29, 1.82) is 0 Å². The molecule has 1 fully saturated rings. The van der Waals surface area contributed by atoms with Gasteiger partial charge in [0.1, 0.15) is 5.82 Å². The molecule has 2 amide bonds. The molecule has 0 spiro atoms. The summed E-state index contributed by atoms with van der Waals surface area (Å²) in [5.74, 6) is -1.16. The summed E-state index contributed by atoms with van der Waals surface area (Å²) in [6.45, 7) is 2.77. The molecule has 0 aromatic heterocycles. The van der Waals surface area contributed by atoms with Crippen molar-refractivity contribution in [2.45, 2.75) is 13.3 Å². The lowest BCUT2D eigenvalue weighted by atomic mass is 10.1. The standard InChI is InChI=1S/C13H15FN2O2/c1-9-3-4-10(11(14)7-9)13(18)16-6-2-5-15-12(17)8-16/h3-4,7H,2,5-6,8H2,1H3,(H,15,17). The number of nitrogens with one attached hydrogen (secondary N) is 1. The molecule has 4 nitrogen and oxygen atoms in total. The van der Waals surface area contributed by atoms with Crippen LogP contribution in [0.1, 0.15) is 22.3 Å². The van der Waals surface area contributed by atoms with E-state index in [1.807, 2.05) is 0 Å². The molecule has 0 atom stereocenters. The molecular formula is C13H15FN2O2. The van der Waals surface area contributed by atoms with Crippen LogP contribution in [0.5, 0.6) is 0 Å². The van der Waals surface area contributed by atoms with Crippen LogP contribution in [0, 0.1) is 12.7 Å². The number of carbonyl (C=O) groups is 2. The van der Waals surface area contributed by atoms with Crippen LogP contribution in [0.15, 0.2) is 18.2 Å². The Morgan fingerprint density at radius 2 is 2.22 bits per heavy atom. The Bertz CT molecular complexity index is 488. The van der Waals surface area contributed by atoms with Gasteiger partial charge in [-0.2, -0.15) is 0 Å². The lowest BCUT2D eigenvalue weighted by Gasteiger charge is -2.19. The topological polar surface area (TPSA) is 49.4 Å². The van der Waals surface area contributed by atoms with E-state index in [1.165, 1.54) is 17.0 Å². The molecule has 1 aliphatic heterocycles. The molecule has 0 radical (unpaired) electrons. The van der Waals surface area contributed by atoms with E-state index in [9.17, 15) is 14.0 Å². The first-order valence-corrected chi connectivity index (χ1v) is 5.90. The van der Waals surface area contributed by atoms with Crippen molar-refractivity contribution in [2.24, 2.45) is 0 Å². The highest BCUT2D eigenvalue weighted by molar-refractivity contribution is 5.97. The SMILES string of the molecule is Cc1ccc(C(=O)N2CCCNC(=O)C2)c(F)c1. The molecule has 1 heterocycles. The van der Waals surface area contributed by atoms with E-state index >= 15 is 0 Å². The molecule has 5 heteroatoms. The third-order valence-electron chi connectivity index (χ3n) is 2.90. The lowest BCUT2D eigenvalue weighted by molar-refractivity contribution is -0.121. The van der Waals surface area contributed by atoms with Crippen molar-refractivity contribution < 1.29 is 14.0 Å². The predicted molar refractivity (Wildman–Crippen MR) is 64.7 cm³/mol. The number of benzene rings is 1. The molecule has 0 unspecified atom stereocenters. The summed E-state index contributed by atoms with van der Waals surface area (Å²) in [7, 11) is 0. The number of rotatable bonds is 1. The largest absolute Gasteiger partial charge is 0.354 e. The van der Waals surface area contributed by atoms with Crippen LogP contribution in [0.4, 0.5) is 4.39 Å². The third-order valence-corrected chi connectivity index (χ3v) is 2.90. The van der Waals surface area contributed by atoms with Crippen LogP contribution in [0.2, 0.25) is 0 Å². The zero-order valence-electron chi connectivity index (χ0n) is 10.2. The van der Waals surface area contributed by atoms with Gasteiger partial charge < -0.3 is 10.2 Å². The number of halogens is 1. The maximum atomic E-state index is 13.7. The second-order valence-electron chi connectivity index (χ2n) is 4.41. The van der Waals surface area contributed by atoms with Gasteiger partial charge in [0.15, 0.2) is 0 Å². The molecule has 0 saturated carbocycles. The van der Waals surface area contributed by atoms with Gasteiger partial charge in [0.2, 0.25) is 5.91 Å². The third kappa shape index (κ3) is 2.67. The fourth-order valence-corrected chi connectivity index (χ4v) is 1.94. The highest BCUT2D eigenvalue weighted by atomic mass is 19.1. The second-order valence-corrected chi connectivity index (χ2v) is 4.41. The fraction of sp³-hybridized carbons (Fsp3) is 0.385. The number of hydrogen-bond donors (Lipinski definition) is 1. The van der Waals surface area contributed by atoms with Gasteiger partial charge in [-0.05, 0) is 31.0 Å². The predicted octanol–water partition coefficient (Wildman–Crippen LogP) is 1.10. The lowest BCUT2D eigenvalue weighted by Crippen LogP contribution is -2.37. The minimum Gasteiger partial charge on any atom is -0.354 e. The first-order valence-electron chi connectivity index (χ1n) is 5.90. The van der Waals surface area contributed by atoms with Gasteiger partial charge in [0.25, 0.3) is 5.91 Å². The number of nitrogens with zero attached hydrogens (tertiary/aromatic N) is 1. The number of amides is 2. The van der Waals surface area contributed by atoms with E-state index in [1.54, 1.807) is 13.0 Å². The number of carbonyl (C=O) groups excluding carboxylic acids is 2. The Balaban J connectivity index is 2.21. The van der Waals surface area contributed by atoms with E-state index in [2.05, 4.69) is 5.32 Å². The summed E-state index contributed by atoms with van der Waals surface area (Å²) in [6.07, 6.45) is 0.685. The van der Waals surface area contributed by atoms with Crippen LogP contribution in [-0.2, 0) is 4.79 Å². The van der Waals surface area contributed by atoms with Crippen LogP contribution < -0.4 is 5.32 Å². The van der Waals surface area contributed by atoms with Crippen LogP contribution >= 0.6 is 0 Å². The summed E-state index contributed by atoms with van der Waals surface area (Å²) >= 11 is 0. The Kier molecular flexibility index (Phi) is 3.60. The average Bonchev–Trinajstić information content (AvgIpc) is 2.53. The summed E-state index contributed by atoms with van der Waals surface area (Å²) < 4.78 is 13.7. The van der Waals surface area contributed by atoms with Gasteiger partial charge in [-0.3, -0.25) is 9.59 Å². The number of hydrogen-bond acceptors (Lipinski definition) is 2. The van der Waals surface area contributed by atoms with E-state index in [0.29, 0.717) is 19.5 Å². The Hall–Kier alpha value is -1.91. The van der Waals surface area contributed by atoms with Gasteiger partial charge in [-0.15, -0.1) is 0 Å². The van der Waals surface area contributed by atoms with Gasteiger partial charge in [-0.1, -0.05) is 6.07 Å². The van der Waals surface area contributed by atoms with Gasteiger partial charge in [-0.25, -0.2) is 4.39 Å². The zero-order chi connectivity index (χ0) is 13.1. The van der Waals surface area contributed by atoms with Crippen molar-refractivity contribution in [2.75, 3.05) is 19.6 Å². The molecule has 1 aromatic carbocycles. The molecule has 18 heavy (non-hydrogen) atoms. The van der Waals surface area contributed by atoms with E-state index < -0.39 is 11.7 Å². The van der Waals surface area contributed by atoms with Crippen molar-refractivity contribution >= 4 is 11.8 Å². The van der Waals surface area contributed by atoms with Gasteiger partial charge in [0.05, 0.1) is 12.1 Å². The maximum absolute atomic E-state index is 13.7. The minimum absolute atomic E-state index is 0.00779. The van der Waals surface area contributed by atoms with Crippen molar-refractivity contribution in [3.63, 3.8) is 0 Å². The molecule has 1 saturated heterocycles. The van der Waals surface area contributed by atoms with Crippen molar-refractivity contribution in [1.82, 2.24) is 10.2 Å². The molecule has 1 aliphatic rings. The molecule has 96 valence electrons. The Morgan fingerprint density at radius 3 is 2.94 bits per heavy atom. The fourth-order valence-electron chi connectivity index (χ4n) is 1.94. The van der Waals surface area contributed by atoms with Gasteiger partial charge in [0, 0.05) is 13.1 Å². The maximum Gasteiger partial charge on any atom is 0.257 e. The van der Waals surface area contributed by atoms with Crippen molar-refractivity contribution in [3.05, 3.63) is 35.1 Å². The number of aryl methyl sites for hydroxylation is 1. The molecule has 1 aromatic rings. The quantitative estimate of drug-likeness (QED) is 0.811. The van der Waals surface area contributed by atoms with E-state index in [4.69, 9.17) is 0 Å². The second kappa shape index (κ2) is 5.16. The summed E-state index contributed by atoms with van der Waals surface area (Å²) in [6, 6.07) is 4.48. The first-order chi connectivity index (χ1) is 8.58. The Labute approximate surface area is 105 Å². The van der Waals surface area contributed by atoms with E-state index in [-0.39, 0.29) is 18.0 Å². The highest BCUT2D eigenvalue weighted by Gasteiger charge is 2.23. The molecule has 0 bridgehead atoms. The highest BCUT2D eigenvalue weighted by Crippen LogP contribution is 2.13. The van der Waals surface area contributed by atoms with Crippen LogP contribution in [0.25, 0.3) is 0 Å². The summed E-state index contributed by atoms with van der Waals surface area (Å²) in [4.78, 5) is 24.9. The summed E-state index contributed by atoms with van der Waals surface area (Å²) in [5, 5.41) is 2.68. The first kappa shape index (κ1) is 12.5. The minimum atomic E-state index is -0.537. The average molecular weight is 250 g/mol. The Morgan fingerprint density at radius 1 is 1.44 bits per heavy atom. The summed E-state index contributed by atoms with van der Waals surface area (Å²) in [5.41, 5.74) is 0.785. The monoisotopic (exact) mass is 250 g/mol. The van der Waals surface area contributed by atoms with Crippen LogP contribution in [-0.4, -0.2) is 36.3 Å². The molecule has 2 rings (SSSR count). The van der Waals surface area contributed by atoms with Gasteiger partial charge >= 0.3 is 0 Å².